The molecule has 1 aromatic carbocycles. The molecule has 0 aliphatic heterocycles. The lowest BCUT2D eigenvalue weighted by Crippen LogP contribution is -2.26. The van der Waals surface area contributed by atoms with Crippen molar-refractivity contribution in [2.75, 3.05) is 33.1 Å². The van der Waals surface area contributed by atoms with Gasteiger partial charge in [0.1, 0.15) is 11.3 Å². The van der Waals surface area contributed by atoms with Crippen LogP contribution in [-0.4, -0.2) is 33.3 Å². The van der Waals surface area contributed by atoms with Crippen molar-refractivity contribution < 1.29 is 14.3 Å². The Hall–Kier alpha value is -1.75. The van der Waals surface area contributed by atoms with Crippen molar-refractivity contribution >= 4 is 11.6 Å². The minimum atomic E-state index is -0.226. The zero-order chi connectivity index (χ0) is 12.7. The average Bonchev–Trinajstić information content (AvgIpc) is 2.34. The number of amides is 1. The van der Waals surface area contributed by atoms with E-state index in [1.807, 2.05) is 0 Å². The van der Waals surface area contributed by atoms with Gasteiger partial charge in [0.15, 0.2) is 0 Å². The molecule has 3 N–H and O–H groups in total. The molecule has 1 amide bonds. The standard InChI is InChI=1S/C12H18N2O3/c1-16-8-4-7-14-12(15)11-9(13)5-3-6-10(11)17-2/h3,5-6H,4,7-8,13H2,1-2H3,(H,14,15). The van der Waals surface area contributed by atoms with Crippen molar-refractivity contribution in [3.8, 4) is 5.75 Å². The predicted molar refractivity (Wildman–Crippen MR) is 66.2 cm³/mol. The number of hydrogen-bond acceptors (Lipinski definition) is 4. The number of ether oxygens (including phenoxy) is 2. The number of carbonyl (C=O) groups excluding carboxylic acids is 1. The molecule has 0 aliphatic carbocycles. The molecule has 0 aliphatic rings. The minimum absolute atomic E-state index is 0.226. The number of carbonyl (C=O) groups is 1. The molecular weight excluding hydrogens is 220 g/mol. The first kappa shape index (κ1) is 13.3. The van der Waals surface area contributed by atoms with E-state index in [1.165, 1.54) is 7.11 Å². The first-order valence-corrected chi connectivity index (χ1v) is 5.40. The highest BCUT2D eigenvalue weighted by atomic mass is 16.5. The van der Waals surface area contributed by atoms with Gasteiger partial charge in [-0.3, -0.25) is 4.79 Å². The predicted octanol–water partition coefficient (Wildman–Crippen LogP) is 1.04. The normalized spacial score (nSPS) is 10.0. The highest BCUT2D eigenvalue weighted by molar-refractivity contribution is 6.01. The van der Waals surface area contributed by atoms with Crippen molar-refractivity contribution in [2.45, 2.75) is 6.42 Å². The molecule has 5 nitrogen and oxygen atoms in total. The third-order valence-electron chi connectivity index (χ3n) is 2.32. The molecule has 1 rings (SSSR count). The van der Waals surface area contributed by atoms with Crippen LogP contribution in [0.25, 0.3) is 0 Å². The van der Waals surface area contributed by atoms with Gasteiger partial charge in [0, 0.05) is 25.9 Å². The Morgan fingerprint density at radius 2 is 2.18 bits per heavy atom. The van der Waals surface area contributed by atoms with Crippen molar-refractivity contribution in [3.63, 3.8) is 0 Å². The maximum atomic E-state index is 11.9. The molecule has 0 unspecified atom stereocenters. The molecule has 0 bridgehead atoms. The number of anilines is 1. The number of hydrogen-bond donors (Lipinski definition) is 2. The molecule has 1 aromatic rings. The Bertz CT molecular complexity index is 380. The van der Waals surface area contributed by atoms with E-state index < -0.39 is 0 Å². The summed E-state index contributed by atoms with van der Waals surface area (Å²) < 4.78 is 10.0. The summed E-state index contributed by atoms with van der Waals surface area (Å²) >= 11 is 0. The lowest BCUT2D eigenvalue weighted by Gasteiger charge is -2.11. The number of nitrogen functional groups attached to an aromatic ring is 1. The summed E-state index contributed by atoms with van der Waals surface area (Å²) in [5.41, 5.74) is 6.56. The highest BCUT2D eigenvalue weighted by Crippen LogP contribution is 2.23. The van der Waals surface area contributed by atoms with Gasteiger partial charge >= 0.3 is 0 Å². The van der Waals surface area contributed by atoms with Crippen molar-refractivity contribution in [1.82, 2.24) is 5.32 Å². The molecule has 0 radical (unpaired) electrons. The highest BCUT2D eigenvalue weighted by Gasteiger charge is 2.14. The summed E-state index contributed by atoms with van der Waals surface area (Å²) in [5, 5.41) is 2.77. The second kappa shape index (κ2) is 6.75. The SMILES string of the molecule is COCCCNC(=O)c1c(N)cccc1OC. The summed E-state index contributed by atoms with van der Waals surface area (Å²) in [6.45, 7) is 1.16. The van der Waals surface area contributed by atoms with Gasteiger partial charge in [0.25, 0.3) is 5.91 Å². The quantitative estimate of drug-likeness (QED) is 0.573. The van der Waals surface area contributed by atoms with E-state index in [-0.39, 0.29) is 5.91 Å². The largest absolute Gasteiger partial charge is 0.496 e. The zero-order valence-electron chi connectivity index (χ0n) is 10.2. The Morgan fingerprint density at radius 1 is 1.41 bits per heavy atom. The first-order valence-electron chi connectivity index (χ1n) is 5.40. The monoisotopic (exact) mass is 238 g/mol. The summed E-state index contributed by atoms with van der Waals surface area (Å²) in [4.78, 5) is 11.9. The number of nitrogens with two attached hydrogens (primary N) is 1. The molecular formula is C12H18N2O3. The molecule has 0 atom stereocenters. The fourth-order valence-electron chi connectivity index (χ4n) is 1.47. The summed E-state index contributed by atoms with van der Waals surface area (Å²) in [7, 11) is 3.14. The van der Waals surface area contributed by atoms with Gasteiger partial charge < -0.3 is 20.5 Å². The smallest absolute Gasteiger partial charge is 0.257 e. The fraction of sp³-hybridized carbons (Fsp3) is 0.417. The van der Waals surface area contributed by atoms with E-state index in [0.29, 0.717) is 30.2 Å². The maximum Gasteiger partial charge on any atom is 0.257 e. The molecule has 0 spiro atoms. The molecule has 0 saturated heterocycles. The Morgan fingerprint density at radius 3 is 2.82 bits per heavy atom. The van der Waals surface area contributed by atoms with Gasteiger partial charge in [0.2, 0.25) is 0 Å². The van der Waals surface area contributed by atoms with Gasteiger partial charge in [0.05, 0.1) is 7.11 Å². The van der Waals surface area contributed by atoms with Crippen LogP contribution in [0.4, 0.5) is 5.69 Å². The summed E-state index contributed by atoms with van der Waals surface area (Å²) in [6, 6.07) is 5.13. The summed E-state index contributed by atoms with van der Waals surface area (Å²) in [6.07, 6.45) is 0.761. The van der Waals surface area contributed by atoms with Crippen molar-refractivity contribution in [1.29, 1.82) is 0 Å². The third kappa shape index (κ3) is 3.64. The van der Waals surface area contributed by atoms with E-state index >= 15 is 0 Å². The molecule has 0 fully saturated rings. The lowest BCUT2D eigenvalue weighted by molar-refractivity contribution is 0.0946. The molecule has 0 aromatic heterocycles. The van der Waals surface area contributed by atoms with Gasteiger partial charge in [-0.2, -0.15) is 0 Å². The zero-order valence-corrected chi connectivity index (χ0v) is 10.2. The van der Waals surface area contributed by atoms with E-state index in [0.717, 1.165) is 6.42 Å². The Labute approximate surface area is 101 Å². The number of methoxy groups -OCH3 is 2. The van der Waals surface area contributed by atoms with Gasteiger partial charge in [-0.25, -0.2) is 0 Å². The van der Waals surface area contributed by atoms with Crippen LogP contribution in [0.5, 0.6) is 5.75 Å². The van der Waals surface area contributed by atoms with E-state index in [1.54, 1.807) is 25.3 Å². The minimum Gasteiger partial charge on any atom is -0.496 e. The maximum absolute atomic E-state index is 11.9. The van der Waals surface area contributed by atoms with Crippen LogP contribution >= 0.6 is 0 Å². The number of benzene rings is 1. The van der Waals surface area contributed by atoms with Crippen molar-refractivity contribution in [3.05, 3.63) is 23.8 Å². The first-order chi connectivity index (χ1) is 8.20. The molecule has 5 heteroatoms. The second-order valence-electron chi connectivity index (χ2n) is 3.53. The third-order valence-corrected chi connectivity index (χ3v) is 2.32. The second-order valence-corrected chi connectivity index (χ2v) is 3.53. The topological polar surface area (TPSA) is 73.6 Å². The average molecular weight is 238 g/mol. The van der Waals surface area contributed by atoms with Crippen molar-refractivity contribution in [2.24, 2.45) is 0 Å². The number of nitrogens with one attached hydrogen (secondary N) is 1. The van der Waals surface area contributed by atoms with Crippen LogP contribution in [0.2, 0.25) is 0 Å². The molecule has 17 heavy (non-hydrogen) atoms. The summed E-state index contributed by atoms with van der Waals surface area (Å²) in [5.74, 6) is 0.255. The Kier molecular flexibility index (Phi) is 5.29. The molecule has 0 saturated carbocycles. The molecule has 0 heterocycles. The van der Waals surface area contributed by atoms with Crippen LogP contribution < -0.4 is 15.8 Å². The van der Waals surface area contributed by atoms with E-state index in [2.05, 4.69) is 5.32 Å². The lowest BCUT2D eigenvalue weighted by atomic mass is 10.1. The molecule has 94 valence electrons. The van der Waals surface area contributed by atoms with Crippen LogP contribution in [0.15, 0.2) is 18.2 Å². The van der Waals surface area contributed by atoms with E-state index in [4.69, 9.17) is 15.2 Å². The van der Waals surface area contributed by atoms with Crippen LogP contribution in [0.3, 0.4) is 0 Å². The Balaban J connectivity index is 2.68. The van der Waals surface area contributed by atoms with Crippen LogP contribution in [0.1, 0.15) is 16.8 Å². The fourth-order valence-corrected chi connectivity index (χ4v) is 1.47. The number of rotatable bonds is 6. The van der Waals surface area contributed by atoms with E-state index in [9.17, 15) is 4.79 Å². The van der Waals surface area contributed by atoms with Gasteiger partial charge in [-0.15, -0.1) is 0 Å². The van der Waals surface area contributed by atoms with Gasteiger partial charge in [-0.05, 0) is 18.6 Å². The van der Waals surface area contributed by atoms with Crippen LogP contribution in [0, 0.1) is 0 Å². The van der Waals surface area contributed by atoms with Gasteiger partial charge in [-0.1, -0.05) is 6.07 Å². The van der Waals surface area contributed by atoms with Crippen LogP contribution in [-0.2, 0) is 4.74 Å².